The lowest BCUT2D eigenvalue weighted by molar-refractivity contribution is 0.677. The van der Waals surface area contributed by atoms with Gasteiger partial charge < -0.3 is 10.6 Å². The van der Waals surface area contributed by atoms with Crippen molar-refractivity contribution in [2.75, 3.05) is 10.6 Å². The summed E-state index contributed by atoms with van der Waals surface area (Å²) in [4.78, 5) is 7.98. The molecule has 4 heteroatoms. The van der Waals surface area contributed by atoms with E-state index in [1.807, 2.05) is 12.1 Å². The molecule has 0 saturated carbocycles. The molecule has 2 heterocycles. The van der Waals surface area contributed by atoms with Gasteiger partial charge in [-0.05, 0) is 31.4 Å². The minimum absolute atomic E-state index is 0.395. The number of thiophene rings is 1. The largest absolute Gasteiger partial charge is 0.399 e. The van der Waals surface area contributed by atoms with Crippen molar-refractivity contribution in [1.82, 2.24) is 4.98 Å². The van der Waals surface area contributed by atoms with E-state index in [9.17, 15) is 0 Å². The van der Waals surface area contributed by atoms with Crippen molar-refractivity contribution < 1.29 is 0 Å². The first-order chi connectivity index (χ1) is 8.16. The van der Waals surface area contributed by atoms with E-state index in [0.29, 0.717) is 6.04 Å². The first kappa shape index (κ1) is 11.9. The Balaban J connectivity index is 2.23. The SMILES string of the molecule is CC(C)N(Cc1cccs1)c1cc(N)ccn1. The molecule has 0 bridgehead atoms. The predicted octanol–water partition coefficient (Wildman–Crippen LogP) is 3.14. The molecule has 0 spiro atoms. The molecule has 0 amide bonds. The quantitative estimate of drug-likeness (QED) is 0.902. The van der Waals surface area contributed by atoms with Crippen LogP contribution in [-0.2, 0) is 6.54 Å². The lowest BCUT2D eigenvalue weighted by Gasteiger charge is -2.27. The van der Waals surface area contributed by atoms with Crippen molar-refractivity contribution in [3.05, 3.63) is 40.7 Å². The fraction of sp³-hybridized carbons (Fsp3) is 0.308. The fourth-order valence-electron chi connectivity index (χ4n) is 1.69. The first-order valence-electron chi connectivity index (χ1n) is 5.67. The monoisotopic (exact) mass is 247 g/mol. The molecule has 0 atom stereocenters. The summed E-state index contributed by atoms with van der Waals surface area (Å²) in [6.45, 7) is 5.21. The highest BCUT2D eigenvalue weighted by Crippen LogP contribution is 2.21. The molecule has 0 aromatic carbocycles. The number of rotatable bonds is 4. The Kier molecular flexibility index (Phi) is 3.64. The van der Waals surface area contributed by atoms with Crippen LogP contribution in [0.15, 0.2) is 35.8 Å². The van der Waals surface area contributed by atoms with E-state index < -0.39 is 0 Å². The fourth-order valence-corrected chi connectivity index (χ4v) is 2.39. The summed E-state index contributed by atoms with van der Waals surface area (Å²) in [5.74, 6) is 0.938. The molecule has 0 saturated heterocycles. The van der Waals surface area contributed by atoms with Crippen molar-refractivity contribution in [3.8, 4) is 0 Å². The third kappa shape index (κ3) is 2.97. The maximum absolute atomic E-state index is 5.81. The number of hydrogen-bond donors (Lipinski definition) is 1. The average Bonchev–Trinajstić information content (AvgIpc) is 2.78. The highest BCUT2D eigenvalue weighted by atomic mass is 32.1. The van der Waals surface area contributed by atoms with E-state index in [-0.39, 0.29) is 0 Å². The van der Waals surface area contributed by atoms with Crippen LogP contribution in [0.3, 0.4) is 0 Å². The summed E-state index contributed by atoms with van der Waals surface area (Å²) < 4.78 is 0. The second-order valence-corrected chi connectivity index (χ2v) is 5.28. The molecule has 0 aliphatic heterocycles. The van der Waals surface area contributed by atoms with Gasteiger partial charge in [0.25, 0.3) is 0 Å². The van der Waals surface area contributed by atoms with Crippen LogP contribution in [0, 0.1) is 0 Å². The summed E-state index contributed by atoms with van der Waals surface area (Å²) >= 11 is 1.77. The average molecular weight is 247 g/mol. The van der Waals surface area contributed by atoms with Crippen LogP contribution >= 0.6 is 11.3 Å². The Morgan fingerprint density at radius 1 is 1.41 bits per heavy atom. The summed E-state index contributed by atoms with van der Waals surface area (Å²) in [6.07, 6.45) is 1.76. The molecule has 0 fully saturated rings. The Morgan fingerprint density at radius 3 is 2.82 bits per heavy atom. The molecule has 90 valence electrons. The molecule has 0 radical (unpaired) electrons. The molecule has 2 aromatic rings. The third-order valence-corrected chi connectivity index (χ3v) is 3.45. The number of nitrogens with two attached hydrogens (primary N) is 1. The standard InChI is InChI=1S/C13H17N3S/c1-10(2)16(9-12-4-3-7-17-12)13-8-11(14)5-6-15-13/h3-8,10H,9H2,1-2H3,(H2,14,15). The normalized spacial score (nSPS) is 10.8. The Labute approximate surface area is 106 Å². The molecule has 2 rings (SSSR count). The number of nitrogens with zero attached hydrogens (tertiary/aromatic N) is 2. The Hall–Kier alpha value is -1.55. The molecule has 3 nitrogen and oxygen atoms in total. The van der Waals surface area contributed by atoms with Gasteiger partial charge in [-0.2, -0.15) is 0 Å². The molecule has 0 aliphatic rings. The van der Waals surface area contributed by atoms with E-state index in [1.54, 1.807) is 17.5 Å². The van der Waals surface area contributed by atoms with Gasteiger partial charge in [0.15, 0.2) is 0 Å². The topological polar surface area (TPSA) is 42.1 Å². The van der Waals surface area contributed by atoms with E-state index in [2.05, 4.69) is 41.2 Å². The summed E-state index contributed by atoms with van der Waals surface area (Å²) in [7, 11) is 0. The molecule has 17 heavy (non-hydrogen) atoms. The molecule has 2 aromatic heterocycles. The van der Waals surface area contributed by atoms with Gasteiger partial charge in [0.05, 0.1) is 6.54 Å². The van der Waals surface area contributed by atoms with Gasteiger partial charge in [0.2, 0.25) is 0 Å². The maximum Gasteiger partial charge on any atom is 0.131 e. The van der Waals surface area contributed by atoms with Gasteiger partial charge >= 0.3 is 0 Å². The summed E-state index contributed by atoms with van der Waals surface area (Å²) in [5, 5.41) is 2.10. The van der Waals surface area contributed by atoms with E-state index in [1.165, 1.54) is 4.88 Å². The maximum atomic E-state index is 5.81. The van der Waals surface area contributed by atoms with Crippen LogP contribution in [0.5, 0.6) is 0 Å². The van der Waals surface area contributed by atoms with E-state index >= 15 is 0 Å². The summed E-state index contributed by atoms with van der Waals surface area (Å²) in [6, 6.07) is 8.35. The minimum Gasteiger partial charge on any atom is -0.399 e. The van der Waals surface area contributed by atoms with Crippen LogP contribution < -0.4 is 10.6 Å². The van der Waals surface area contributed by atoms with Gasteiger partial charge in [-0.25, -0.2) is 4.98 Å². The molecular weight excluding hydrogens is 230 g/mol. The smallest absolute Gasteiger partial charge is 0.131 e. The van der Waals surface area contributed by atoms with Crippen LogP contribution in [0.25, 0.3) is 0 Å². The number of anilines is 2. The lowest BCUT2D eigenvalue weighted by atomic mass is 10.2. The second kappa shape index (κ2) is 5.19. The van der Waals surface area contributed by atoms with Gasteiger partial charge in [0, 0.05) is 28.9 Å². The molecule has 0 aliphatic carbocycles. The highest BCUT2D eigenvalue weighted by molar-refractivity contribution is 7.09. The van der Waals surface area contributed by atoms with Gasteiger partial charge in [-0.1, -0.05) is 6.07 Å². The van der Waals surface area contributed by atoms with Crippen molar-refractivity contribution in [3.63, 3.8) is 0 Å². The number of pyridine rings is 1. The summed E-state index contributed by atoms with van der Waals surface area (Å²) in [5.41, 5.74) is 6.56. The van der Waals surface area contributed by atoms with Gasteiger partial charge in [-0.3, -0.25) is 0 Å². The molecule has 0 unspecified atom stereocenters. The van der Waals surface area contributed by atoms with Gasteiger partial charge in [-0.15, -0.1) is 11.3 Å². The third-order valence-electron chi connectivity index (χ3n) is 2.59. The minimum atomic E-state index is 0.395. The number of hydrogen-bond acceptors (Lipinski definition) is 4. The number of aromatic nitrogens is 1. The van der Waals surface area contributed by atoms with Crippen LogP contribution in [-0.4, -0.2) is 11.0 Å². The van der Waals surface area contributed by atoms with Crippen molar-refractivity contribution in [2.24, 2.45) is 0 Å². The number of nitrogen functional groups attached to an aromatic ring is 1. The van der Waals surface area contributed by atoms with E-state index in [4.69, 9.17) is 5.73 Å². The van der Waals surface area contributed by atoms with Crippen molar-refractivity contribution >= 4 is 22.8 Å². The zero-order chi connectivity index (χ0) is 12.3. The molecular formula is C13H17N3S. The highest BCUT2D eigenvalue weighted by Gasteiger charge is 2.13. The van der Waals surface area contributed by atoms with Crippen LogP contribution in [0.4, 0.5) is 11.5 Å². The Bertz CT molecular complexity index is 465. The van der Waals surface area contributed by atoms with Gasteiger partial charge in [0.1, 0.15) is 5.82 Å². The van der Waals surface area contributed by atoms with Crippen molar-refractivity contribution in [2.45, 2.75) is 26.4 Å². The predicted molar refractivity (Wildman–Crippen MR) is 74.3 cm³/mol. The zero-order valence-electron chi connectivity index (χ0n) is 10.1. The van der Waals surface area contributed by atoms with Crippen LogP contribution in [0.2, 0.25) is 0 Å². The molecule has 2 N–H and O–H groups in total. The zero-order valence-corrected chi connectivity index (χ0v) is 10.9. The first-order valence-corrected chi connectivity index (χ1v) is 6.55. The van der Waals surface area contributed by atoms with Crippen molar-refractivity contribution in [1.29, 1.82) is 0 Å². The van der Waals surface area contributed by atoms with Crippen LogP contribution in [0.1, 0.15) is 18.7 Å². The Morgan fingerprint density at radius 2 is 2.24 bits per heavy atom. The second-order valence-electron chi connectivity index (χ2n) is 4.25. The van der Waals surface area contributed by atoms with E-state index in [0.717, 1.165) is 18.1 Å². The lowest BCUT2D eigenvalue weighted by Crippen LogP contribution is -2.30.